The zero-order valence-corrected chi connectivity index (χ0v) is 15.5. The summed E-state index contributed by atoms with van der Waals surface area (Å²) in [4.78, 5) is 13.9. The molecule has 4 aromatic rings. The van der Waals surface area contributed by atoms with E-state index in [0.717, 1.165) is 16.8 Å². The lowest BCUT2D eigenvalue weighted by atomic mass is 9.96. The fraction of sp³-hybridized carbons (Fsp3) is 0.0455. The van der Waals surface area contributed by atoms with Crippen LogP contribution < -0.4 is 14.9 Å². The molecule has 1 aliphatic heterocycles. The molecule has 1 aliphatic rings. The average molecular weight is 385 g/mol. The average Bonchev–Trinajstić information content (AvgIpc) is 3.37. The molecule has 0 saturated heterocycles. The van der Waals surface area contributed by atoms with Gasteiger partial charge in [0.1, 0.15) is 11.8 Å². The molecule has 28 heavy (non-hydrogen) atoms. The number of nitrogens with zero attached hydrogens (tertiary/aromatic N) is 3. The quantitative estimate of drug-likeness (QED) is 0.544. The topological polar surface area (TPSA) is 59.9 Å². The van der Waals surface area contributed by atoms with Crippen molar-refractivity contribution in [1.82, 2.24) is 4.57 Å². The number of hydrogen-bond acceptors (Lipinski definition) is 5. The Hall–Kier alpha value is -3.51. The van der Waals surface area contributed by atoms with Gasteiger partial charge in [0.05, 0.1) is 16.5 Å². The van der Waals surface area contributed by atoms with Gasteiger partial charge in [0.25, 0.3) is 5.56 Å². The predicted molar refractivity (Wildman–Crippen MR) is 109 cm³/mol. The molecule has 0 N–H and O–H groups in total. The molecule has 1 atom stereocenters. The van der Waals surface area contributed by atoms with E-state index in [1.165, 1.54) is 11.3 Å². The maximum absolute atomic E-state index is 13.3. The molecule has 0 radical (unpaired) electrons. The van der Waals surface area contributed by atoms with E-state index in [1.54, 1.807) is 23.0 Å². The summed E-state index contributed by atoms with van der Waals surface area (Å²) in [6, 6.07) is 23.1. The molecule has 0 saturated carbocycles. The maximum Gasteiger partial charge on any atom is 0.271 e. The van der Waals surface area contributed by atoms with Gasteiger partial charge in [-0.15, -0.1) is 10.2 Å². The molecule has 0 amide bonds. The van der Waals surface area contributed by atoms with Gasteiger partial charge >= 0.3 is 0 Å². The zero-order valence-electron chi connectivity index (χ0n) is 14.7. The van der Waals surface area contributed by atoms with Gasteiger partial charge in [-0.25, -0.2) is 0 Å². The van der Waals surface area contributed by atoms with E-state index in [4.69, 9.17) is 4.42 Å². The molecule has 1 unspecified atom stereocenters. The van der Waals surface area contributed by atoms with Crippen LogP contribution in [0.5, 0.6) is 0 Å². The zero-order chi connectivity index (χ0) is 18.9. The number of thiazole rings is 1. The van der Waals surface area contributed by atoms with Gasteiger partial charge in [-0.1, -0.05) is 72.0 Å². The lowest BCUT2D eigenvalue weighted by Crippen LogP contribution is -2.40. The molecule has 0 aliphatic carbocycles. The van der Waals surface area contributed by atoms with Gasteiger partial charge in [0.15, 0.2) is 0 Å². The molecular formula is C22H15N3O2S. The molecule has 3 heterocycles. The Morgan fingerprint density at radius 3 is 2.39 bits per heavy atom. The highest BCUT2D eigenvalue weighted by molar-refractivity contribution is 7.07. The van der Waals surface area contributed by atoms with Crippen LogP contribution in [0.4, 0.5) is 0 Å². The molecule has 2 aromatic heterocycles. The normalized spacial score (nSPS) is 16.4. The Kier molecular flexibility index (Phi) is 4.10. The highest BCUT2D eigenvalue weighted by atomic mass is 32.1. The van der Waals surface area contributed by atoms with Crippen LogP contribution >= 0.6 is 11.3 Å². The Labute approximate surface area is 164 Å². The predicted octanol–water partition coefficient (Wildman–Crippen LogP) is 2.96. The maximum atomic E-state index is 13.3. The first-order valence-electron chi connectivity index (χ1n) is 8.84. The van der Waals surface area contributed by atoms with Gasteiger partial charge in [-0.05, 0) is 17.7 Å². The van der Waals surface area contributed by atoms with Crippen LogP contribution in [0.2, 0.25) is 0 Å². The first-order valence-corrected chi connectivity index (χ1v) is 9.65. The monoisotopic (exact) mass is 385 g/mol. The molecule has 0 bridgehead atoms. The first-order chi connectivity index (χ1) is 13.8. The smallest absolute Gasteiger partial charge is 0.271 e. The molecule has 2 aromatic carbocycles. The van der Waals surface area contributed by atoms with Crippen molar-refractivity contribution in [3.63, 3.8) is 0 Å². The number of hydrogen-bond donors (Lipinski definition) is 0. The third-order valence-corrected chi connectivity index (χ3v) is 5.57. The van der Waals surface area contributed by atoms with E-state index < -0.39 is 0 Å². The summed E-state index contributed by atoms with van der Waals surface area (Å²) in [5, 5.41) is 8.86. The summed E-state index contributed by atoms with van der Waals surface area (Å²) in [6.45, 7) is 0. The summed E-state index contributed by atoms with van der Waals surface area (Å²) < 4.78 is 7.67. The summed E-state index contributed by atoms with van der Waals surface area (Å²) in [6.07, 6.45) is 3.34. The Morgan fingerprint density at radius 2 is 1.68 bits per heavy atom. The van der Waals surface area contributed by atoms with Crippen LogP contribution in [-0.2, 0) is 0 Å². The van der Waals surface area contributed by atoms with E-state index in [0.29, 0.717) is 15.1 Å². The molecule has 0 fully saturated rings. The molecule has 6 heteroatoms. The minimum atomic E-state index is -0.335. The largest absolute Gasteiger partial charge is 0.465 e. The van der Waals surface area contributed by atoms with Gasteiger partial charge in [-0.3, -0.25) is 9.36 Å². The number of aromatic nitrogens is 1. The van der Waals surface area contributed by atoms with E-state index in [-0.39, 0.29) is 11.6 Å². The van der Waals surface area contributed by atoms with Crippen molar-refractivity contribution in [3.8, 4) is 0 Å². The Balaban J connectivity index is 1.75. The van der Waals surface area contributed by atoms with Crippen LogP contribution in [0.1, 0.15) is 22.9 Å². The minimum Gasteiger partial charge on any atom is -0.465 e. The van der Waals surface area contributed by atoms with Crippen LogP contribution in [0.25, 0.3) is 6.08 Å². The highest BCUT2D eigenvalue weighted by Crippen LogP contribution is 2.23. The second-order valence-electron chi connectivity index (χ2n) is 6.35. The van der Waals surface area contributed by atoms with Crippen LogP contribution in [-0.4, -0.2) is 10.3 Å². The molecule has 5 nitrogen and oxygen atoms in total. The van der Waals surface area contributed by atoms with Crippen molar-refractivity contribution >= 4 is 23.1 Å². The standard InChI is InChI=1S/C22H15N3O2S/c26-21-18(14-17-12-7-13-27-17)28-22-24-23-19(15-8-3-1-4-9-15)20(25(21)22)16-10-5-2-6-11-16/h1-14,20H. The number of benzene rings is 2. The van der Waals surface area contributed by atoms with Crippen LogP contribution in [0.3, 0.4) is 0 Å². The molecule has 5 rings (SSSR count). The Morgan fingerprint density at radius 1 is 0.929 bits per heavy atom. The van der Waals surface area contributed by atoms with E-state index >= 15 is 0 Å². The SMILES string of the molecule is O=c1c(=Cc2ccco2)sc2n1C(c1ccccc1)C(c1ccccc1)=NN=2. The third-order valence-electron chi connectivity index (χ3n) is 4.60. The molecule has 0 spiro atoms. The van der Waals surface area contributed by atoms with Crippen molar-refractivity contribution in [2.24, 2.45) is 10.2 Å². The van der Waals surface area contributed by atoms with Crippen molar-refractivity contribution < 1.29 is 4.42 Å². The fourth-order valence-corrected chi connectivity index (χ4v) is 4.25. The van der Waals surface area contributed by atoms with Gasteiger partial charge < -0.3 is 4.42 Å². The van der Waals surface area contributed by atoms with Crippen LogP contribution in [0, 0.1) is 0 Å². The van der Waals surface area contributed by atoms with Crippen molar-refractivity contribution in [1.29, 1.82) is 0 Å². The number of furan rings is 1. The highest BCUT2D eigenvalue weighted by Gasteiger charge is 2.28. The van der Waals surface area contributed by atoms with Crippen molar-refractivity contribution in [2.75, 3.05) is 0 Å². The second kappa shape index (κ2) is 6.90. The number of fused-ring (bicyclic) bond motifs is 1. The minimum absolute atomic E-state index is 0.0997. The summed E-state index contributed by atoms with van der Waals surface area (Å²) in [5.41, 5.74) is 2.59. The van der Waals surface area contributed by atoms with E-state index in [2.05, 4.69) is 10.2 Å². The van der Waals surface area contributed by atoms with Crippen molar-refractivity contribution in [2.45, 2.75) is 6.04 Å². The summed E-state index contributed by atoms with van der Waals surface area (Å²) in [5.74, 6) is 0.636. The summed E-state index contributed by atoms with van der Waals surface area (Å²) >= 11 is 1.32. The van der Waals surface area contributed by atoms with E-state index in [1.807, 2.05) is 66.7 Å². The fourth-order valence-electron chi connectivity index (χ4n) is 3.33. The van der Waals surface area contributed by atoms with Gasteiger partial charge in [0, 0.05) is 11.6 Å². The third kappa shape index (κ3) is 2.84. The first kappa shape index (κ1) is 16.6. The van der Waals surface area contributed by atoms with Gasteiger partial charge in [-0.2, -0.15) is 0 Å². The lowest BCUT2D eigenvalue weighted by molar-refractivity contribution is 0.556. The van der Waals surface area contributed by atoms with Crippen molar-refractivity contribution in [3.05, 3.63) is 116 Å². The molecular weight excluding hydrogens is 370 g/mol. The van der Waals surface area contributed by atoms with Crippen LogP contribution in [0.15, 0.2) is 98.5 Å². The number of rotatable bonds is 3. The second-order valence-corrected chi connectivity index (χ2v) is 7.36. The van der Waals surface area contributed by atoms with E-state index in [9.17, 15) is 4.79 Å². The molecule has 136 valence electrons. The lowest BCUT2D eigenvalue weighted by Gasteiger charge is -2.22. The Bertz CT molecular complexity index is 1320. The van der Waals surface area contributed by atoms with Gasteiger partial charge in [0.2, 0.25) is 4.80 Å². The summed E-state index contributed by atoms with van der Waals surface area (Å²) in [7, 11) is 0.